The van der Waals surface area contributed by atoms with Gasteiger partial charge in [0, 0.05) is 18.2 Å². The number of carbonyl (C=O) groups excluding carboxylic acids is 1. The zero-order chi connectivity index (χ0) is 13.0. The van der Waals surface area contributed by atoms with Crippen LogP contribution in [0.1, 0.15) is 39.0 Å². The summed E-state index contributed by atoms with van der Waals surface area (Å²) in [5, 5.41) is 0. The van der Waals surface area contributed by atoms with Gasteiger partial charge in [0.1, 0.15) is 7.85 Å². The van der Waals surface area contributed by atoms with E-state index in [2.05, 4.69) is 6.92 Å². The van der Waals surface area contributed by atoms with Crippen molar-refractivity contribution in [3.8, 4) is 0 Å². The first-order valence-electron chi connectivity index (χ1n) is 6.89. The standard InChI is InChI=1S/C15H20BNO/c1-2-5-12-6-3-4-11-17(15(12)18)14-9-7-13(16)8-10-14/h7-10,12H,2-6,11H2,1H3. The van der Waals surface area contributed by atoms with Crippen molar-refractivity contribution in [3.63, 3.8) is 0 Å². The van der Waals surface area contributed by atoms with Gasteiger partial charge < -0.3 is 4.90 Å². The van der Waals surface area contributed by atoms with Crippen LogP contribution in [0, 0.1) is 5.92 Å². The molecule has 1 saturated heterocycles. The van der Waals surface area contributed by atoms with Crippen molar-refractivity contribution in [2.24, 2.45) is 5.92 Å². The van der Waals surface area contributed by atoms with Gasteiger partial charge in [-0.15, -0.1) is 0 Å². The molecule has 0 bridgehead atoms. The predicted molar refractivity (Wildman–Crippen MR) is 76.4 cm³/mol. The van der Waals surface area contributed by atoms with E-state index in [0.29, 0.717) is 5.91 Å². The molecule has 1 atom stereocenters. The molecule has 1 aromatic rings. The van der Waals surface area contributed by atoms with Crippen molar-refractivity contribution in [1.82, 2.24) is 0 Å². The molecule has 0 saturated carbocycles. The van der Waals surface area contributed by atoms with E-state index in [1.807, 2.05) is 29.2 Å². The van der Waals surface area contributed by atoms with E-state index in [9.17, 15) is 4.79 Å². The van der Waals surface area contributed by atoms with E-state index >= 15 is 0 Å². The molecule has 0 spiro atoms. The summed E-state index contributed by atoms with van der Waals surface area (Å²) in [6, 6.07) is 7.62. The average molecular weight is 241 g/mol. The third kappa shape index (κ3) is 2.95. The highest BCUT2D eigenvalue weighted by Crippen LogP contribution is 2.25. The molecular formula is C15H20BNO. The van der Waals surface area contributed by atoms with Gasteiger partial charge >= 0.3 is 0 Å². The number of rotatable bonds is 3. The topological polar surface area (TPSA) is 20.3 Å². The molecule has 1 aromatic carbocycles. The van der Waals surface area contributed by atoms with Crippen LogP contribution in [0.5, 0.6) is 0 Å². The van der Waals surface area contributed by atoms with Gasteiger partial charge in [0.15, 0.2) is 0 Å². The van der Waals surface area contributed by atoms with Gasteiger partial charge in [-0.3, -0.25) is 4.79 Å². The zero-order valence-electron chi connectivity index (χ0n) is 11.1. The number of carbonyl (C=O) groups is 1. The molecule has 3 heteroatoms. The second-order valence-electron chi connectivity index (χ2n) is 5.06. The van der Waals surface area contributed by atoms with Crippen LogP contribution in [0.4, 0.5) is 5.69 Å². The summed E-state index contributed by atoms with van der Waals surface area (Å²) >= 11 is 0. The van der Waals surface area contributed by atoms with Gasteiger partial charge in [0.05, 0.1) is 0 Å². The first-order chi connectivity index (χ1) is 8.72. The summed E-state index contributed by atoms with van der Waals surface area (Å²) in [5.74, 6) is 0.495. The molecule has 2 radical (unpaired) electrons. The SMILES string of the molecule is [B]c1ccc(N2CCCCC(CCC)C2=O)cc1. The molecule has 0 aromatic heterocycles. The highest BCUT2D eigenvalue weighted by atomic mass is 16.2. The minimum absolute atomic E-state index is 0.204. The van der Waals surface area contributed by atoms with Crippen LogP contribution in [0.2, 0.25) is 0 Å². The predicted octanol–water partition coefficient (Wildman–Crippen LogP) is 2.41. The number of benzene rings is 1. The van der Waals surface area contributed by atoms with Gasteiger partial charge in [-0.2, -0.15) is 0 Å². The quantitative estimate of drug-likeness (QED) is 0.744. The van der Waals surface area contributed by atoms with Crippen molar-refractivity contribution in [1.29, 1.82) is 0 Å². The minimum Gasteiger partial charge on any atom is -0.312 e. The Bertz CT molecular complexity index is 401. The van der Waals surface area contributed by atoms with Gasteiger partial charge in [0.25, 0.3) is 0 Å². The van der Waals surface area contributed by atoms with E-state index in [4.69, 9.17) is 7.85 Å². The molecule has 18 heavy (non-hydrogen) atoms. The summed E-state index contributed by atoms with van der Waals surface area (Å²) in [4.78, 5) is 14.5. The van der Waals surface area contributed by atoms with Crippen molar-refractivity contribution < 1.29 is 4.79 Å². The number of hydrogen-bond acceptors (Lipinski definition) is 1. The third-order valence-corrected chi connectivity index (χ3v) is 3.64. The maximum atomic E-state index is 12.5. The summed E-state index contributed by atoms with van der Waals surface area (Å²) in [5.41, 5.74) is 1.73. The number of amides is 1. The lowest BCUT2D eigenvalue weighted by atomic mass is 9.95. The molecule has 1 aliphatic rings. The summed E-state index contributed by atoms with van der Waals surface area (Å²) in [6.07, 6.45) is 5.37. The van der Waals surface area contributed by atoms with E-state index in [1.165, 1.54) is 0 Å². The Labute approximate surface area is 111 Å². The van der Waals surface area contributed by atoms with Crippen molar-refractivity contribution >= 4 is 24.9 Å². The van der Waals surface area contributed by atoms with Gasteiger partial charge in [-0.1, -0.05) is 37.4 Å². The average Bonchev–Trinajstić information content (AvgIpc) is 2.55. The van der Waals surface area contributed by atoms with Crippen LogP contribution >= 0.6 is 0 Å². The second kappa shape index (κ2) is 6.08. The summed E-state index contributed by atoms with van der Waals surface area (Å²) in [7, 11) is 5.69. The highest BCUT2D eigenvalue weighted by Gasteiger charge is 2.26. The number of nitrogens with zero attached hydrogens (tertiary/aromatic N) is 1. The normalized spacial score (nSPS) is 20.8. The zero-order valence-corrected chi connectivity index (χ0v) is 11.1. The van der Waals surface area contributed by atoms with Gasteiger partial charge in [-0.25, -0.2) is 0 Å². The molecular weight excluding hydrogens is 221 g/mol. The summed E-state index contributed by atoms with van der Waals surface area (Å²) < 4.78 is 0. The van der Waals surface area contributed by atoms with Crippen LogP contribution in [0.3, 0.4) is 0 Å². The Morgan fingerprint density at radius 3 is 2.67 bits per heavy atom. The van der Waals surface area contributed by atoms with Crippen LogP contribution in [0.25, 0.3) is 0 Å². The van der Waals surface area contributed by atoms with Crippen molar-refractivity contribution in [3.05, 3.63) is 24.3 Å². The van der Waals surface area contributed by atoms with E-state index in [-0.39, 0.29) is 5.92 Å². The lowest BCUT2D eigenvalue weighted by Crippen LogP contribution is -2.35. The number of anilines is 1. The minimum atomic E-state index is 0.204. The maximum absolute atomic E-state index is 12.5. The van der Waals surface area contributed by atoms with E-state index in [0.717, 1.165) is 49.8 Å². The fourth-order valence-corrected chi connectivity index (χ4v) is 2.64. The Balaban J connectivity index is 2.19. The molecule has 1 heterocycles. The number of hydrogen-bond donors (Lipinski definition) is 0. The fourth-order valence-electron chi connectivity index (χ4n) is 2.64. The Kier molecular flexibility index (Phi) is 4.46. The first-order valence-corrected chi connectivity index (χ1v) is 6.89. The first kappa shape index (κ1) is 13.2. The second-order valence-corrected chi connectivity index (χ2v) is 5.06. The van der Waals surface area contributed by atoms with E-state index in [1.54, 1.807) is 0 Å². The summed E-state index contributed by atoms with van der Waals surface area (Å²) in [6.45, 7) is 2.98. The maximum Gasteiger partial charge on any atom is 0.230 e. The Morgan fingerprint density at radius 2 is 2.00 bits per heavy atom. The lowest BCUT2D eigenvalue weighted by molar-refractivity contribution is -0.122. The molecule has 2 rings (SSSR count). The Morgan fingerprint density at radius 1 is 1.28 bits per heavy atom. The molecule has 94 valence electrons. The largest absolute Gasteiger partial charge is 0.312 e. The molecule has 1 fully saturated rings. The molecule has 2 nitrogen and oxygen atoms in total. The third-order valence-electron chi connectivity index (χ3n) is 3.64. The molecule has 0 N–H and O–H groups in total. The smallest absolute Gasteiger partial charge is 0.230 e. The molecule has 0 aliphatic carbocycles. The van der Waals surface area contributed by atoms with Crippen LogP contribution < -0.4 is 10.4 Å². The molecule has 1 amide bonds. The van der Waals surface area contributed by atoms with Crippen LogP contribution in [0.15, 0.2) is 24.3 Å². The van der Waals surface area contributed by atoms with Crippen molar-refractivity contribution in [2.75, 3.05) is 11.4 Å². The van der Waals surface area contributed by atoms with Crippen LogP contribution in [-0.4, -0.2) is 20.3 Å². The van der Waals surface area contributed by atoms with Gasteiger partial charge in [-0.05, 0) is 31.4 Å². The van der Waals surface area contributed by atoms with E-state index < -0.39 is 0 Å². The Hall–Kier alpha value is -1.25. The highest BCUT2D eigenvalue weighted by molar-refractivity contribution is 6.32. The fraction of sp³-hybridized carbons (Fsp3) is 0.533. The monoisotopic (exact) mass is 241 g/mol. The van der Waals surface area contributed by atoms with Crippen LogP contribution in [-0.2, 0) is 4.79 Å². The van der Waals surface area contributed by atoms with Crippen molar-refractivity contribution in [2.45, 2.75) is 39.0 Å². The lowest BCUT2D eigenvalue weighted by Gasteiger charge is -2.24. The molecule has 1 aliphatic heterocycles. The molecule has 1 unspecified atom stereocenters. The van der Waals surface area contributed by atoms with Gasteiger partial charge in [0.2, 0.25) is 5.91 Å².